The molecule has 0 saturated carbocycles. The van der Waals surface area contributed by atoms with E-state index in [-0.39, 0.29) is 11.9 Å². The zero-order valence-electron chi connectivity index (χ0n) is 12.8. The van der Waals surface area contributed by atoms with Gasteiger partial charge in [0.1, 0.15) is 5.82 Å². The van der Waals surface area contributed by atoms with Crippen LogP contribution in [0.25, 0.3) is 0 Å². The van der Waals surface area contributed by atoms with Gasteiger partial charge in [0.25, 0.3) is 0 Å². The number of hydrogen-bond donors (Lipinski definition) is 1. The number of anilines is 2. The number of benzene rings is 1. The van der Waals surface area contributed by atoms with Crippen LogP contribution in [-0.4, -0.2) is 22.5 Å². The third kappa shape index (κ3) is 3.06. The summed E-state index contributed by atoms with van der Waals surface area (Å²) in [7, 11) is 0. The Morgan fingerprint density at radius 2 is 2.18 bits per heavy atom. The van der Waals surface area contributed by atoms with Crippen LogP contribution in [0.3, 0.4) is 0 Å². The lowest BCUT2D eigenvalue weighted by molar-refractivity contribution is 0.117. The number of aromatic nitrogens is 2. The van der Waals surface area contributed by atoms with Crippen LogP contribution in [0.2, 0.25) is 0 Å². The molecule has 6 heteroatoms. The Morgan fingerprint density at radius 1 is 1.41 bits per heavy atom. The molecule has 0 spiro atoms. The summed E-state index contributed by atoms with van der Waals surface area (Å²) in [5, 5.41) is 7.78. The van der Waals surface area contributed by atoms with Gasteiger partial charge in [0, 0.05) is 25.3 Å². The lowest BCUT2D eigenvalue weighted by Crippen LogP contribution is -2.23. The van der Waals surface area contributed by atoms with Gasteiger partial charge in [0.05, 0.1) is 18.3 Å². The fourth-order valence-electron chi connectivity index (χ4n) is 2.43. The molecule has 1 aliphatic rings. The zero-order chi connectivity index (χ0) is 15.5. The maximum Gasteiger partial charge on any atom is 0.219 e. The summed E-state index contributed by atoms with van der Waals surface area (Å²) in [5.74, 6) is 1.20. The predicted molar refractivity (Wildman–Crippen MR) is 81.9 cm³/mol. The number of fused-ring (bicyclic) bond motifs is 1. The zero-order valence-corrected chi connectivity index (χ0v) is 12.8. The molecular formula is C16H20FN3O2. The fraction of sp³-hybridized carbons (Fsp3) is 0.438. The SMILES string of the molecule is CCOCc1c(Nc2ccc(F)cc2)nn2c1O[C@H](C)CC2. The van der Waals surface area contributed by atoms with Gasteiger partial charge in [-0.3, -0.25) is 0 Å². The van der Waals surface area contributed by atoms with E-state index < -0.39 is 0 Å². The Labute approximate surface area is 129 Å². The summed E-state index contributed by atoms with van der Waals surface area (Å²) in [5.41, 5.74) is 1.68. The van der Waals surface area contributed by atoms with E-state index >= 15 is 0 Å². The molecular weight excluding hydrogens is 285 g/mol. The molecule has 0 saturated heterocycles. The Balaban J connectivity index is 1.90. The number of aryl methyl sites for hydroxylation is 1. The monoisotopic (exact) mass is 305 g/mol. The smallest absolute Gasteiger partial charge is 0.219 e. The number of nitrogens with zero attached hydrogens (tertiary/aromatic N) is 2. The molecule has 118 valence electrons. The average molecular weight is 305 g/mol. The van der Waals surface area contributed by atoms with E-state index in [1.165, 1.54) is 12.1 Å². The second-order valence-electron chi connectivity index (χ2n) is 5.34. The van der Waals surface area contributed by atoms with Crippen molar-refractivity contribution in [3.63, 3.8) is 0 Å². The van der Waals surface area contributed by atoms with E-state index in [2.05, 4.69) is 10.4 Å². The second-order valence-corrected chi connectivity index (χ2v) is 5.34. The Morgan fingerprint density at radius 3 is 2.91 bits per heavy atom. The van der Waals surface area contributed by atoms with Crippen LogP contribution in [-0.2, 0) is 17.9 Å². The van der Waals surface area contributed by atoms with Crippen molar-refractivity contribution < 1.29 is 13.9 Å². The Kier molecular flexibility index (Phi) is 4.29. The summed E-state index contributed by atoms with van der Waals surface area (Å²) < 4.78 is 26.3. The molecule has 0 fully saturated rings. The van der Waals surface area contributed by atoms with Crippen molar-refractivity contribution in [3.8, 4) is 5.88 Å². The maximum absolute atomic E-state index is 13.0. The number of hydrogen-bond acceptors (Lipinski definition) is 4. The van der Waals surface area contributed by atoms with Gasteiger partial charge in [-0.1, -0.05) is 0 Å². The van der Waals surface area contributed by atoms with Crippen LogP contribution < -0.4 is 10.1 Å². The molecule has 0 amide bonds. The first-order valence-electron chi connectivity index (χ1n) is 7.54. The van der Waals surface area contributed by atoms with Gasteiger partial charge in [-0.15, -0.1) is 0 Å². The summed E-state index contributed by atoms with van der Waals surface area (Å²) >= 11 is 0. The molecule has 5 nitrogen and oxygen atoms in total. The van der Waals surface area contributed by atoms with Crippen molar-refractivity contribution in [2.45, 2.75) is 39.5 Å². The van der Waals surface area contributed by atoms with E-state index in [1.54, 1.807) is 12.1 Å². The molecule has 2 heterocycles. The highest BCUT2D eigenvalue weighted by molar-refractivity contribution is 5.61. The van der Waals surface area contributed by atoms with Gasteiger partial charge in [-0.05, 0) is 38.1 Å². The van der Waals surface area contributed by atoms with Crippen molar-refractivity contribution >= 4 is 11.5 Å². The van der Waals surface area contributed by atoms with E-state index in [1.807, 2.05) is 18.5 Å². The molecule has 0 bridgehead atoms. The lowest BCUT2D eigenvalue weighted by atomic mass is 10.2. The van der Waals surface area contributed by atoms with Gasteiger partial charge in [-0.25, -0.2) is 9.07 Å². The Hall–Kier alpha value is -2.08. The van der Waals surface area contributed by atoms with Gasteiger partial charge in [0.15, 0.2) is 5.82 Å². The third-order valence-electron chi connectivity index (χ3n) is 3.62. The Bertz CT molecular complexity index is 640. The fourth-order valence-corrected chi connectivity index (χ4v) is 2.43. The minimum Gasteiger partial charge on any atom is -0.474 e. The quantitative estimate of drug-likeness (QED) is 0.919. The van der Waals surface area contributed by atoms with Gasteiger partial charge in [0.2, 0.25) is 5.88 Å². The second kappa shape index (κ2) is 6.36. The minimum atomic E-state index is -0.263. The summed E-state index contributed by atoms with van der Waals surface area (Å²) in [6, 6.07) is 6.20. The normalized spacial score (nSPS) is 17.0. The van der Waals surface area contributed by atoms with Crippen LogP contribution in [0.5, 0.6) is 5.88 Å². The van der Waals surface area contributed by atoms with E-state index in [9.17, 15) is 4.39 Å². The lowest BCUT2D eigenvalue weighted by Gasteiger charge is -2.22. The van der Waals surface area contributed by atoms with Crippen molar-refractivity contribution in [2.75, 3.05) is 11.9 Å². The maximum atomic E-state index is 13.0. The van der Waals surface area contributed by atoms with Crippen LogP contribution in [0, 0.1) is 5.82 Å². The van der Waals surface area contributed by atoms with Crippen molar-refractivity contribution in [1.29, 1.82) is 0 Å². The number of ether oxygens (including phenoxy) is 2. The first kappa shape index (κ1) is 14.8. The molecule has 0 aliphatic carbocycles. The highest BCUT2D eigenvalue weighted by Crippen LogP contribution is 2.33. The molecule has 1 aromatic carbocycles. The van der Waals surface area contributed by atoms with Crippen LogP contribution in [0.15, 0.2) is 24.3 Å². The number of halogens is 1. The summed E-state index contributed by atoms with van der Waals surface area (Å²) in [6.07, 6.45) is 1.10. The summed E-state index contributed by atoms with van der Waals surface area (Å²) in [6.45, 7) is 5.87. The van der Waals surface area contributed by atoms with Gasteiger partial charge < -0.3 is 14.8 Å². The van der Waals surface area contributed by atoms with E-state index in [0.717, 1.165) is 30.1 Å². The molecule has 1 aliphatic heterocycles. The molecule has 2 aromatic rings. The van der Waals surface area contributed by atoms with Gasteiger partial charge >= 0.3 is 0 Å². The molecule has 22 heavy (non-hydrogen) atoms. The highest BCUT2D eigenvalue weighted by atomic mass is 19.1. The molecule has 1 atom stereocenters. The molecule has 3 rings (SSSR count). The molecule has 0 radical (unpaired) electrons. The van der Waals surface area contributed by atoms with Crippen LogP contribution in [0.4, 0.5) is 15.9 Å². The minimum absolute atomic E-state index is 0.170. The van der Waals surface area contributed by atoms with E-state index in [4.69, 9.17) is 9.47 Å². The third-order valence-corrected chi connectivity index (χ3v) is 3.62. The highest BCUT2D eigenvalue weighted by Gasteiger charge is 2.25. The standard InChI is InChI=1S/C16H20FN3O2/c1-3-21-10-14-15(18-13-6-4-12(17)5-7-13)19-20-9-8-11(2)22-16(14)20/h4-7,11H,3,8-10H2,1-2H3,(H,18,19)/t11-/m1/s1. The average Bonchev–Trinajstić information content (AvgIpc) is 2.84. The summed E-state index contributed by atoms with van der Waals surface area (Å²) in [4.78, 5) is 0. The molecule has 0 unspecified atom stereocenters. The van der Waals surface area contributed by atoms with Crippen molar-refractivity contribution in [2.24, 2.45) is 0 Å². The largest absolute Gasteiger partial charge is 0.474 e. The van der Waals surface area contributed by atoms with E-state index in [0.29, 0.717) is 19.0 Å². The topological polar surface area (TPSA) is 48.3 Å². The van der Waals surface area contributed by atoms with Crippen LogP contribution >= 0.6 is 0 Å². The first-order chi connectivity index (χ1) is 10.7. The van der Waals surface area contributed by atoms with Crippen molar-refractivity contribution in [3.05, 3.63) is 35.6 Å². The first-order valence-corrected chi connectivity index (χ1v) is 7.54. The predicted octanol–water partition coefficient (Wildman–Crippen LogP) is 3.47. The number of nitrogens with one attached hydrogen (secondary N) is 1. The van der Waals surface area contributed by atoms with Crippen molar-refractivity contribution in [1.82, 2.24) is 9.78 Å². The number of rotatable bonds is 5. The van der Waals surface area contributed by atoms with Gasteiger partial charge in [-0.2, -0.15) is 5.10 Å². The molecule has 1 N–H and O–H groups in total. The molecule has 1 aromatic heterocycles. The van der Waals surface area contributed by atoms with Crippen LogP contribution in [0.1, 0.15) is 25.8 Å².